The molecule has 4 nitrogen and oxygen atoms in total. The van der Waals surface area contributed by atoms with Crippen LogP contribution in [0.15, 0.2) is 0 Å². The Morgan fingerprint density at radius 1 is 1.50 bits per heavy atom. The molecule has 2 unspecified atom stereocenters. The fourth-order valence-corrected chi connectivity index (χ4v) is 2.59. The monoisotopic (exact) mass is 211 g/mol. The molecule has 14 heavy (non-hydrogen) atoms. The molecule has 3 rings (SSSR count). The van der Waals surface area contributed by atoms with Gasteiger partial charge in [-0.15, -0.1) is 0 Å². The predicted molar refractivity (Wildman–Crippen MR) is 49.3 cm³/mol. The molecular weight excluding hydrogens is 202 g/mol. The zero-order valence-corrected chi connectivity index (χ0v) is 8.41. The maximum atomic E-state index is 5.87. The average Bonchev–Trinajstić information content (AvgIpc) is 2.29. The predicted octanol–water partition coefficient (Wildman–Crippen LogP) is 0.232. The normalized spacial score (nSPS) is 50.7. The molecule has 3 heterocycles. The molecular formula is C8H9BO4P+. The Morgan fingerprint density at radius 2 is 2.36 bits per heavy atom. The topological polar surface area (TPSA) is 36.9 Å². The van der Waals surface area contributed by atoms with Gasteiger partial charge in [-0.2, -0.15) is 0 Å². The molecule has 2 saturated heterocycles. The first-order chi connectivity index (χ1) is 6.83. The first kappa shape index (κ1) is 9.35. The SMILES string of the molecule is [B]C1OC2CO[P+]#CO[C@H]2[C@]12CCO2. The van der Waals surface area contributed by atoms with Gasteiger partial charge in [0.15, 0.2) is 0 Å². The van der Waals surface area contributed by atoms with E-state index in [0.29, 0.717) is 14.9 Å². The van der Waals surface area contributed by atoms with Crippen LogP contribution < -0.4 is 0 Å². The molecule has 0 amide bonds. The Morgan fingerprint density at radius 3 is 3.07 bits per heavy atom. The van der Waals surface area contributed by atoms with E-state index in [1.54, 1.807) is 0 Å². The van der Waals surface area contributed by atoms with Gasteiger partial charge in [0.1, 0.15) is 0 Å². The Balaban J connectivity index is 1.89. The Bertz CT molecular complexity index is 308. The van der Waals surface area contributed by atoms with Gasteiger partial charge in [-0.25, -0.2) is 0 Å². The van der Waals surface area contributed by atoms with Crippen LogP contribution in [0.3, 0.4) is 0 Å². The van der Waals surface area contributed by atoms with Gasteiger partial charge in [0.2, 0.25) is 0 Å². The molecule has 3 aliphatic heterocycles. The van der Waals surface area contributed by atoms with E-state index in [2.05, 4.69) is 5.81 Å². The van der Waals surface area contributed by atoms with Gasteiger partial charge >= 0.3 is 84.1 Å². The van der Waals surface area contributed by atoms with E-state index in [1.165, 1.54) is 0 Å². The summed E-state index contributed by atoms with van der Waals surface area (Å²) in [7, 11) is 6.48. The van der Waals surface area contributed by atoms with Crippen molar-refractivity contribution in [3.05, 3.63) is 0 Å². The number of hydrogen-bond donors (Lipinski definition) is 0. The summed E-state index contributed by atoms with van der Waals surface area (Å²) in [6, 6.07) is -0.411. The zero-order chi connectivity index (χ0) is 9.60. The van der Waals surface area contributed by atoms with Gasteiger partial charge in [-0.1, -0.05) is 0 Å². The molecule has 6 heteroatoms. The second kappa shape index (κ2) is 3.31. The van der Waals surface area contributed by atoms with Gasteiger partial charge in [0.05, 0.1) is 0 Å². The van der Waals surface area contributed by atoms with E-state index in [9.17, 15) is 0 Å². The van der Waals surface area contributed by atoms with Crippen LogP contribution in [-0.4, -0.2) is 44.9 Å². The van der Waals surface area contributed by atoms with Crippen LogP contribution in [0.1, 0.15) is 6.42 Å². The van der Waals surface area contributed by atoms with Crippen LogP contribution in [0.4, 0.5) is 0 Å². The summed E-state index contributed by atoms with van der Waals surface area (Å²) in [6.45, 7) is 1.21. The van der Waals surface area contributed by atoms with Crippen molar-refractivity contribution in [2.24, 2.45) is 0 Å². The van der Waals surface area contributed by atoms with Crippen molar-refractivity contribution in [2.45, 2.75) is 30.2 Å². The standard InChI is InChI=1S/C8H9BO4P/c9-7-8(1-2-11-8)6-5(13-7)3-12-14-4-10-6/h5-7H,1-3H2/q+1/t5?,6-,7?,8-/m1/s1. The number of hydrogen-bond acceptors (Lipinski definition) is 4. The molecule has 4 atom stereocenters. The van der Waals surface area contributed by atoms with Gasteiger partial charge in [-0.05, 0) is 0 Å². The van der Waals surface area contributed by atoms with Crippen molar-refractivity contribution < 1.29 is 18.7 Å². The second-order valence-corrected chi connectivity index (χ2v) is 4.29. The molecule has 0 N–H and O–H groups in total. The molecule has 2 fully saturated rings. The van der Waals surface area contributed by atoms with Crippen molar-refractivity contribution in [3.63, 3.8) is 0 Å². The number of ether oxygens (including phenoxy) is 3. The van der Waals surface area contributed by atoms with Crippen molar-refractivity contribution in [1.82, 2.24) is 0 Å². The molecule has 0 bridgehead atoms. The van der Waals surface area contributed by atoms with E-state index in [4.69, 9.17) is 26.6 Å². The molecule has 0 aromatic carbocycles. The van der Waals surface area contributed by atoms with Crippen LogP contribution in [0, 0.1) is 5.81 Å². The minimum atomic E-state index is -0.457. The summed E-state index contributed by atoms with van der Waals surface area (Å²) >= 11 is 0. The number of fused-ring (bicyclic) bond motifs is 2. The third-order valence-corrected chi connectivity index (χ3v) is 3.46. The molecule has 0 aliphatic carbocycles. The summed E-state index contributed by atoms with van der Waals surface area (Å²) in [4.78, 5) is 0. The van der Waals surface area contributed by atoms with Crippen molar-refractivity contribution in [2.75, 3.05) is 13.2 Å². The fourth-order valence-electron chi connectivity index (χ4n) is 2.16. The first-order valence-corrected chi connectivity index (χ1v) is 5.42. The van der Waals surface area contributed by atoms with Crippen LogP contribution >= 0.6 is 8.26 Å². The molecule has 72 valence electrons. The van der Waals surface area contributed by atoms with Crippen LogP contribution in [0.5, 0.6) is 0 Å². The molecule has 0 saturated carbocycles. The Labute approximate surface area is 84.8 Å². The van der Waals surface area contributed by atoms with E-state index in [0.717, 1.165) is 13.0 Å². The summed E-state index contributed by atoms with van der Waals surface area (Å²) in [6.07, 6.45) is 0.586. The van der Waals surface area contributed by atoms with E-state index in [-0.39, 0.29) is 12.2 Å². The molecule has 2 radical (unpaired) electrons. The van der Waals surface area contributed by atoms with Gasteiger partial charge in [0.25, 0.3) is 0 Å². The summed E-state index contributed by atoms with van der Waals surface area (Å²) in [5.74, 6) is 2.70. The molecule has 0 aromatic heterocycles. The van der Waals surface area contributed by atoms with Crippen LogP contribution in [0.25, 0.3) is 0 Å². The summed E-state index contributed by atoms with van der Waals surface area (Å²) < 4.78 is 21.8. The Kier molecular flexibility index (Phi) is 2.21. The zero-order valence-electron chi connectivity index (χ0n) is 7.51. The summed E-state index contributed by atoms with van der Waals surface area (Å²) in [5, 5.41) is 0. The maximum absolute atomic E-state index is 5.87. The molecule has 0 aromatic rings. The third-order valence-electron chi connectivity index (χ3n) is 3.01. The van der Waals surface area contributed by atoms with Crippen LogP contribution in [-0.2, 0) is 18.7 Å². The number of rotatable bonds is 0. The van der Waals surface area contributed by atoms with Gasteiger partial charge < -0.3 is 0 Å². The van der Waals surface area contributed by atoms with E-state index in [1.807, 2.05) is 0 Å². The quantitative estimate of drug-likeness (QED) is 0.424. The Hall–Kier alpha value is 0.115. The summed E-state index contributed by atoms with van der Waals surface area (Å²) in [5.41, 5.74) is -0.457. The third kappa shape index (κ3) is 1.15. The first-order valence-electron chi connectivity index (χ1n) is 4.60. The van der Waals surface area contributed by atoms with E-state index >= 15 is 0 Å². The second-order valence-electron chi connectivity index (χ2n) is 3.67. The van der Waals surface area contributed by atoms with Crippen molar-refractivity contribution >= 4 is 16.1 Å². The molecule has 1 spiro atoms. The van der Waals surface area contributed by atoms with Gasteiger partial charge in [-0.3, -0.25) is 0 Å². The van der Waals surface area contributed by atoms with Crippen molar-refractivity contribution in [1.29, 1.82) is 0 Å². The van der Waals surface area contributed by atoms with Gasteiger partial charge in [0, 0.05) is 0 Å². The minimum absolute atomic E-state index is 0.132. The average molecular weight is 211 g/mol. The van der Waals surface area contributed by atoms with E-state index < -0.39 is 11.6 Å². The van der Waals surface area contributed by atoms with Crippen molar-refractivity contribution in [3.8, 4) is 5.81 Å². The van der Waals surface area contributed by atoms with Crippen LogP contribution in [0.2, 0.25) is 0 Å². The fraction of sp³-hybridized carbons (Fsp3) is 0.875. The molecule has 3 aliphatic rings.